The molecule has 0 spiro atoms. The van der Waals surface area contributed by atoms with E-state index in [4.69, 9.17) is 0 Å². The van der Waals surface area contributed by atoms with E-state index in [1.807, 2.05) is 0 Å². The summed E-state index contributed by atoms with van der Waals surface area (Å²) < 4.78 is 25.9. The summed E-state index contributed by atoms with van der Waals surface area (Å²) in [6, 6.07) is 0. The van der Waals surface area contributed by atoms with Gasteiger partial charge in [-0.25, -0.2) is 0 Å². The predicted octanol–water partition coefficient (Wildman–Crippen LogP) is 0.264. The zero-order valence-corrected chi connectivity index (χ0v) is 8.58. The minimum Gasteiger partial charge on any atom is -0.264 e. The number of nitrogens with zero attached hydrogens (tertiary/aromatic N) is 1. The Balaban J connectivity index is 4.36. The largest absolute Gasteiger partial charge is 0.264 e. The van der Waals surface area contributed by atoms with Crippen molar-refractivity contribution in [3.05, 3.63) is 10.1 Å². The molecule has 0 aliphatic heterocycles. The van der Waals surface area contributed by atoms with Gasteiger partial charge in [0.05, 0.1) is 6.26 Å². The van der Waals surface area contributed by atoms with Crippen LogP contribution in [0.25, 0.3) is 0 Å². The highest BCUT2D eigenvalue weighted by Gasteiger charge is 2.24. The molecule has 0 saturated heterocycles. The molecule has 0 heterocycles. The van der Waals surface area contributed by atoms with E-state index in [2.05, 4.69) is 4.18 Å². The fourth-order valence-corrected chi connectivity index (χ4v) is 1.46. The summed E-state index contributed by atoms with van der Waals surface area (Å²) in [5.41, 5.74) is 0. The Morgan fingerprint density at radius 2 is 1.92 bits per heavy atom. The lowest BCUT2D eigenvalue weighted by Gasteiger charge is -2.15. The number of rotatable bonds is 5. The average Bonchev–Trinajstić information content (AvgIpc) is 1.81. The lowest BCUT2D eigenvalue weighted by atomic mass is 10.1. The summed E-state index contributed by atoms with van der Waals surface area (Å²) in [5.74, 6) is -0.208. The SMILES string of the molecule is CC(C)C(C[N+](=O)[O-])OS(C)(=O)=O. The van der Waals surface area contributed by atoms with Gasteiger partial charge in [-0.3, -0.25) is 14.3 Å². The van der Waals surface area contributed by atoms with Gasteiger partial charge in [0.25, 0.3) is 10.1 Å². The van der Waals surface area contributed by atoms with Gasteiger partial charge in [0.1, 0.15) is 6.10 Å². The van der Waals surface area contributed by atoms with Crippen molar-refractivity contribution in [2.45, 2.75) is 20.0 Å². The van der Waals surface area contributed by atoms with Crippen LogP contribution in [-0.4, -0.2) is 32.2 Å². The molecule has 0 saturated carbocycles. The Kier molecular flexibility index (Phi) is 4.28. The Morgan fingerprint density at radius 3 is 2.15 bits per heavy atom. The standard InChI is InChI=1S/C6H13NO5S/c1-5(2)6(4-7(8)9)12-13(3,10)11/h5-6H,4H2,1-3H3. The molecule has 0 radical (unpaired) electrons. The van der Waals surface area contributed by atoms with Crippen molar-refractivity contribution in [1.82, 2.24) is 0 Å². The zero-order chi connectivity index (χ0) is 10.6. The number of hydrogen-bond donors (Lipinski definition) is 0. The minimum absolute atomic E-state index is 0.208. The summed E-state index contributed by atoms with van der Waals surface area (Å²) in [6.07, 6.45) is -0.00695. The Labute approximate surface area is 77.2 Å². The molecular formula is C6H13NO5S. The van der Waals surface area contributed by atoms with E-state index in [1.54, 1.807) is 13.8 Å². The molecule has 0 bridgehead atoms. The van der Waals surface area contributed by atoms with Crippen LogP contribution in [0.5, 0.6) is 0 Å². The first-order valence-corrected chi connectivity index (χ1v) is 5.54. The smallest absolute Gasteiger partial charge is 0.264 e. The third kappa shape index (κ3) is 6.47. The van der Waals surface area contributed by atoms with E-state index < -0.39 is 27.7 Å². The van der Waals surface area contributed by atoms with Crippen molar-refractivity contribution < 1.29 is 17.5 Å². The highest BCUT2D eigenvalue weighted by Crippen LogP contribution is 2.09. The summed E-state index contributed by atoms with van der Waals surface area (Å²) in [4.78, 5) is 9.54. The lowest BCUT2D eigenvalue weighted by Crippen LogP contribution is -2.30. The van der Waals surface area contributed by atoms with E-state index in [9.17, 15) is 18.5 Å². The molecule has 0 aliphatic carbocycles. The van der Waals surface area contributed by atoms with Gasteiger partial charge in [-0.05, 0) is 5.92 Å². The quantitative estimate of drug-likeness (QED) is 0.370. The molecule has 6 nitrogen and oxygen atoms in total. The van der Waals surface area contributed by atoms with Crippen molar-refractivity contribution in [3.8, 4) is 0 Å². The summed E-state index contributed by atoms with van der Waals surface area (Å²) >= 11 is 0. The Morgan fingerprint density at radius 1 is 1.46 bits per heavy atom. The molecule has 1 atom stereocenters. The molecule has 0 aromatic rings. The third-order valence-corrected chi connectivity index (χ3v) is 1.97. The number of hydrogen-bond acceptors (Lipinski definition) is 5. The molecule has 0 fully saturated rings. The molecule has 0 aliphatic rings. The maximum atomic E-state index is 10.7. The van der Waals surface area contributed by atoms with Crippen LogP contribution < -0.4 is 0 Å². The van der Waals surface area contributed by atoms with Crippen LogP contribution in [0.4, 0.5) is 0 Å². The van der Waals surface area contributed by atoms with Crippen LogP contribution in [0.15, 0.2) is 0 Å². The first kappa shape index (κ1) is 12.3. The second kappa shape index (κ2) is 4.52. The Hall–Kier alpha value is -0.690. The van der Waals surface area contributed by atoms with Crippen molar-refractivity contribution in [1.29, 1.82) is 0 Å². The molecule has 13 heavy (non-hydrogen) atoms. The van der Waals surface area contributed by atoms with Gasteiger partial charge >= 0.3 is 0 Å². The van der Waals surface area contributed by atoms with Gasteiger partial charge in [0, 0.05) is 4.92 Å². The van der Waals surface area contributed by atoms with E-state index in [0.717, 1.165) is 6.26 Å². The summed E-state index contributed by atoms with van der Waals surface area (Å²) in [5, 5.41) is 10.1. The second-order valence-electron chi connectivity index (χ2n) is 3.10. The van der Waals surface area contributed by atoms with Gasteiger partial charge in [-0.15, -0.1) is 0 Å². The zero-order valence-electron chi connectivity index (χ0n) is 7.76. The van der Waals surface area contributed by atoms with Crippen LogP contribution in [0, 0.1) is 16.0 Å². The van der Waals surface area contributed by atoms with E-state index >= 15 is 0 Å². The number of nitro groups is 1. The summed E-state index contributed by atoms with van der Waals surface area (Å²) in [6.45, 7) is 2.84. The van der Waals surface area contributed by atoms with Gasteiger partial charge in [-0.2, -0.15) is 8.42 Å². The average molecular weight is 211 g/mol. The first-order chi connectivity index (χ1) is 5.72. The molecule has 78 valence electrons. The van der Waals surface area contributed by atoms with Crippen LogP contribution in [0.1, 0.15) is 13.8 Å². The molecule has 7 heteroatoms. The molecule has 0 aromatic carbocycles. The van der Waals surface area contributed by atoms with Gasteiger partial charge in [-0.1, -0.05) is 13.8 Å². The third-order valence-electron chi connectivity index (χ3n) is 1.37. The van der Waals surface area contributed by atoms with Gasteiger partial charge in [0.15, 0.2) is 0 Å². The second-order valence-corrected chi connectivity index (χ2v) is 4.70. The fraction of sp³-hybridized carbons (Fsp3) is 1.00. The van der Waals surface area contributed by atoms with E-state index in [-0.39, 0.29) is 5.92 Å². The molecule has 0 N–H and O–H groups in total. The first-order valence-electron chi connectivity index (χ1n) is 3.72. The van der Waals surface area contributed by atoms with Crippen molar-refractivity contribution in [3.63, 3.8) is 0 Å². The van der Waals surface area contributed by atoms with Gasteiger partial charge in [0.2, 0.25) is 6.54 Å². The minimum atomic E-state index is -3.62. The molecule has 0 rings (SSSR count). The van der Waals surface area contributed by atoms with Crippen LogP contribution >= 0.6 is 0 Å². The highest BCUT2D eigenvalue weighted by molar-refractivity contribution is 7.86. The van der Waals surface area contributed by atoms with Crippen LogP contribution in [0.3, 0.4) is 0 Å². The predicted molar refractivity (Wildman–Crippen MR) is 46.4 cm³/mol. The molecule has 1 unspecified atom stereocenters. The van der Waals surface area contributed by atoms with Crippen LogP contribution in [-0.2, 0) is 14.3 Å². The Bertz CT molecular complexity index is 271. The van der Waals surface area contributed by atoms with Crippen LogP contribution in [0.2, 0.25) is 0 Å². The summed E-state index contributed by atoms with van der Waals surface area (Å²) in [7, 11) is -3.62. The maximum absolute atomic E-state index is 10.7. The van der Waals surface area contributed by atoms with E-state index in [0.29, 0.717) is 0 Å². The topological polar surface area (TPSA) is 86.5 Å². The normalized spacial score (nSPS) is 14.5. The van der Waals surface area contributed by atoms with Gasteiger partial charge < -0.3 is 0 Å². The monoisotopic (exact) mass is 211 g/mol. The fourth-order valence-electron chi connectivity index (χ4n) is 0.724. The van der Waals surface area contributed by atoms with Crippen molar-refractivity contribution in [2.75, 3.05) is 12.8 Å². The molecule has 0 aromatic heterocycles. The van der Waals surface area contributed by atoms with E-state index in [1.165, 1.54) is 0 Å². The lowest BCUT2D eigenvalue weighted by molar-refractivity contribution is -0.490. The van der Waals surface area contributed by atoms with Crippen molar-refractivity contribution in [2.24, 2.45) is 5.92 Å². The maximum Gasteiger partial charge on any atom is 0.264 e. The molecule has 0 amide bonds. The van der Waals surface area contributed by atoms with Crippen molar-refractivity contribution >= 4 is 10.1 Å². The highest BCUT2D eigenvalue weighted by atomic mass is 32.2. The molecular weight excluding hydrogens is 198 g/mol.